The Bertz CT molecular complexity index is 936. The van der Waals surface area contributed by atoms with Gasteiger partial charge >= 0.3 is 0 Å². The van der Waals surface area contributed by atoms with Gasteiger partial charge in [0.25, 0.3) is 5.56 Å². The van der Waals surface area contributed by atoms with E-state index >= 15 is 0 Å². The highest BCUT2D eigenvalue weighted by Crippen LogP contribution is 2.27. The van der Waals surface area contributed by atoms with Crippen molar-refractivity contribution in [2.24, 2.45) is 12.8 Å². The van der Waals surface area contributed by atoms with E-state index in [1.807, 2.05) is 29.9 Å². The van der Waals surface area contributed by atoms with Gasteiger partial charge in [-0.2, -0.15) is 0 Å². The quantitative estimate of drug-likeness (QED) is 0.769. The number of aryl methyl sites for hydroxylation is 1. The van der Waals surface area contributed by atoms with Crippen molar-refractivity contribution in [1.29, 1.82) is 0 Å². The van der Waals surface area contributed by atoms with Crippen LogP contribution in [0.3, 0.4) is 0 Å². The van der Waals surface area contributed by atoms with Gasteiger partial charge in [-0.05, 0) is 43.9 Å². The fourth-order valence-corrected chi connectivity index (χ4v) is 3.62. The largest absolute Gasteiger partial charge is 0.382 e. The molecule has 0 radical (unpaired) electrons. The fourth-order valence-electron chi connectivity index (χ4n) is 3.62. The molecule has 0 atom stereocenters. The van der Waals surface area contributed by atoms with Gasteiger partial charge in [0.2, 0.25) is 0 Å². The van der Waals surface area contributed by atoms with Crippen molar-refractivity contribution >= 4 is 16.6 Å². The maximum Gasteiger partial charge on any atom is 0.252 e. The van der Waals surface area contributed by atoms with Crippen LogP contribution in [0.25, 0.3) is 16.6 Å². The zero-order valence-electron chi connectivity index (χ0n) is 14.4. The van der Waals surface area contributed by atoms with Crippen molar-refractivity contribution in [2.75, 3.05) is 5.32 Å². The van der Waals surface area contributed by atoms with E-state index in [4.69, 9.17) is 5.73 Å². The molecule has 0 amide bonds. The van der Waals surface area contributed by atoms with Crippen LogP contribution in [0.2, 0.25) is 0 Å². The molecule has 6 nitrogen and oxygen atoms in total. The summed E-state index contributed by atoms with van der Waals surface area (Å²) in [6.07, 6.45) is 9.59. The third-order valence-corrected chi connectivity index (χ3v) is 5.16. The molecule has 0 saturated heterocycles. The Morgan fingerprint density at radius 1 is 1.20 bits per heavy atom. The van der Waals surface area contributed by atoms with Crippen molar-refractivity contribution < 1.29 is 0 Å². The molecule has 0 aliphatic heterocycles. The molecule has 1 aliphatic rings. The average Bonchev–Trinajstić information content (AvgIpc) is 3.15. The van der Waals surface area contributed by atoms with E-state index in [1.165, 1.54) is 0 Å². The van der Waals surface area contributed by atoms with Gasteiger partial charge in [-0.25, -0.2) is 4.98 Å². The molecule has 25 heavy (non-hydrogen) atoms. The predicted molar refractivity (Wildman–Crippen MR) is 100 cm³/mol. The molecule has 3 aromatic rings. The number of anilines is 1. The zero-order valence-corrected chi connectivity index (χ0v) is 14.4. The molecule has 2 heterocycles. The van der Waals surface area contributed by atoms with Gasteiger partial charge in [0.05, 0.1) is 11.8 Å². The number of imidazole rings is 1. The van der Waals surface area contributed by atoms with Crippen molar-refractivity contribution in [3.05, 3.63) is 53.3 Å². The lowest BCUT2D eigenvalue weighted by molar-refractivity contribution is 0.411. The maximum absolute atomic E-state index is 12.3. The fraction of sp³-hybridized carbons (Fsp3) is 0.368. The molecule has 1 saturated carbocycles. The lowest BCUT2D eigenvalue weighted by Crippen LogP contribution is -2.33. The first kappa shape index (κ1) is 15.9. The molecule has 4 rings (SSSR count). The summed E-state index contributed by atoms with van der Waals surface area (Å²) in [5.74, 6) is 0. The molecule has 6 heteroatoms. The van der Waals surface area contributed by atoms with Crippen molar-refractivity contribution in [3.63, 3.8) is 0 Å². The third-order valence-electron chi connectivity index (χ3n) is 5.16. The second-order valence-electron chi connectivity index (χ2n) is 6.88. The minimum absolute atomic E-state index is 0.00195. The van der Waals surface area contributed by atoms with Gasteiger partial charge in [0.1, 0.15) is 0 Å². The minimum Gasteiger partial charge on any atom is -0.382 e. The van der Waals surface area contributed by atoms with Crippen LogP contribution in [0.5, 0.6) is 0 Å². The Kier molecular flexibility index (Phi) is 4.05. The highest BCUT2D eigenvalue weighted by Gasteiger charge is 2.19. The first-order valence-corrected chi connectivity index (χ1v) is 8.76. The Morgan fingerprint density at radius 2 is 2.00 bits per heavy atom. The number of hydrogen-bond donors (Lipinski definition) is 2. The van der Waals surface area contributed by atoms with Gasteiger partial charge < -0.3 is 20.2 Å². The van der Waals surface area contributed by atoms with Crippen molar-refractivity contribution in [2.45, 2.75) is 37.8 Å². The van der Waals surface area contributed by atoms with E-state index in [0.29, 0.717) is 12.1 Å². The molecule has 0 bridgehead atoms. The zero-order chi connectivity index (χ0) is 17.4. The average molecular weight is 337 g/mol. The summed E-state index contributed by atoms with van der Waals surface area (Å²) in [4.78, 5) is 16.5. The number of nitrogens with one attached hydrogen (secondary N) is 1. The van der Waals surface area contributed by atoms with Crippen LogP contribution in [-0.4, -0.2) is 26.2 Å². The molecule has 130 valence electrons. The maximum atomic E-state index is 12.3. The summed E-state index contributed by atoms with van der Waals surface area (Å²) < 4.78 is 3.66. The third kappa shape index (κ3) is 3.05. The monoisotopic (exact) mass is 337 g/mol. The molecular weight excluding hydrogens is 314 g/mol. The molecule has 0 unspecified atom stereocenters. The number of hydrogen-bond acceptors (Lipinski definition) is 4. The Labute approximate surface area is 146 Å². The van der Waals surface area contributed by atoms with Crippen LogP contribution in [-0.2, 0) is 7.05 Å². The Morgan fingerprint density at radius 3 is 2.72 bits per heavy atom. The highest BCUT2D eigenvalue weighted by molar-refractivity contribution is 5.93. The SMILES string of the molecule is Cn1c(=O)cc(NC2CCC(N)CC2)c2cc(-n3ccnc3)ccc21. The second-order valence-corrected chi connectivity index (χ2v) is 6.88. The molecule has 2 aromatic heterocycles. The molecule has 1 fully saturated rings. The molecule has 1 aliphatic carbocycles. The number of fused-ring (bicyclic) bond motifs is 1. The minimum atomic E-state index is -0.00195. The van der Waals surface area contributed by atoms with Crippen LogP contribution >= 0.6 is 0 Å². The van der Waals surface area contributed by atoms with Crippen LogP contribution in [0.15, 0.2) is 47.8 Å². The van der Waals surface area contributed by atoms with Gasteiger partial charge in [-0.15, -0.1) is 0 Å². The predicted octanol–water partition coefficient (Wildman–Crippen LogP) is 2.41. The van der Waals surface area contributed by atoms with E-state index in [-0.39, 0.29) is 5.56 Å². The topological polar surface area (TPSA) is 77.9 Å². The van der Waals surface area contributed by atoms with E-state index in [0.717, 1.165) is 48.0 Å². The van der Waals surface area contributed by atoms with Gasteiger partial charge in [-0.3, -0.25) is 4.79 Å². The highest BCUT2D eigenvalue weighted by atomic mass is 16.1. The van der Waals surface area contributed by atoms with Crippen LogP contribution < -0.4 is 16.6 Å². The number of benzene rings is 1. The summed E-state index contributed by atoms with van der Waals surface area (Å²) in [5.41, 5.74) is 8.86. The standard InChI is InChI=1S/C19H23N5O/c1-23-18-7-6-15(24-9-8-21-12-24)10-16(18)17(11-19(23)25)22-14-4-2-13(20)3-5-14/h6-14,22H,2-5,20H2,1H3. The van der Waals surface area contributed by atoms with Gasteiger partial charge in [0.15, 0.2) is 0 Å². The Hall–Kier alpha value is -2.60. The lowest BCUT2D eigenvalue weighted by atomic mass is 9.91. The first-order chi connectivity index (χ1) is 12.1. The van der Waals surface area contributed by atoms with Crippen LogP contribution in [0, 0.1) is 0 Å². The van der Waals surface area contributed by atoms with E-state index in [1.54, 1.807) is 23.2 Å². The van der Waals surface area contributed by atoms with Crippen molar-refractivity contribution in [3.8, 4) is 5.69 Å². The molecular formula is C19H23N5O. The van der Waals surface area contributed by atoms with Gasteiger partial charge in [0, 0.05) is 54.4 Å². The van der Waals surface area contributed by atoms with Crippen molar-refractivity contribution in [1.82, 2.24) is 14.1 Å². The van der Waals surface area contributed by atoms with Crippen LogP contribution in [0.1, 0.15) is 25.7 Å². The number of aromatic nitrogens is 3. The molecule has 3 N–H and O–H groups in total. The summed E-state index contributed by atoms with van der Waals surface area (Å²) >= 11 is 0. The number of nitrogens with two attached hydrogens (primary N) is 1. The molecule has 1 aromatic carbocycles. The normalized spacial score (nSPS) is 20.7. The van der Waals surface area contributed by atoms with Crippen LogP contribution in [0.4, 0.5) is 5.69 Å². The Balaban J connectivity index is 1.77. The first-order valence-electron chi connectivity index (χ1n) is 8.76. The lowest BCUT2D eigenvalue weighted by Gasteiger charge is -2.28. The summed E-state index contributed by atoms with van der Waals surface area (Å²) in [6, 6.07) is 8.49. The summed E-state index contributed by atoms with van der Waals surface area (Å²) in [7, 11) is 1.81. The van der Waals surface area contributed by atoms with E-state index < -0.39 is 0 Å². The number of rotatable bonds is 3. The number of pyridine rings is 1. The second kappa shape index (κ2) is 6.37. The summed E-state index contributed by atoms with van der Waals surface area (Å²) in [5, 5.41) is 4.64. The number of nitrogens with zero attached hydrogens (tertiary/aromatic N) is 3. The molecule has 0 spiro atoms. The smallest absolute Gasteiger partial charge is 0.252 e. The van der Waals surface area contributed by atoms with Gasteiger partial charge in [-0.1, -0.05) is 0 Å². The van der Waals surface area contributed by atoms with E-state index in [2.05, 4.69) is 16.4 Å². The summed E-state index contributed by atoms with van der Waals surface area (Å²) in [6.45, 7) is 0. The van der Waals surface area contributed by atoms with E-state index in [9.17, 15) is 4.79 Å².